The average Bonchev–Trinajstić information content (AvgIpc) is 2.83. The summed E-state index contributed by atoms with van der Waals surface area (Å²) in [6.45, 7) is 7.28. The summed E-state index contributed by atoms with van der Waals surface area (Å²) < 4.78 is 26.7. The van der Waals surface area contributed by atoms with Crippen molar-refractivity contribution < 1.29 is 18.0 Å². The SMILES string of the molecule is Cc1ccc(CN(C(=O)CN(c2cccc(C)c2C)S(C)(=O)=O)[C@@H](C)C(=O)NC2CCCCC2)cc1. The molecule has 0 spiro atoms. The van der Waals surface area contributed by atoms with E-state index in [0.29, 0.717) is 5.69 Å². The van der Waals surface area contributed by atoms with Crippen LogP contribution >= 0.6 is 0 Å². The number of amides is 2. The van der Waals surface area contributed by atoms with Crippen LogP contribution in [0.5, 0.6) is 0 Å². The number of benzene rings is 2. The quantitative estimate of drug-likeness (QED) is 0.543. The van der Waals surface area contributed by atoms with Crippen molar-refractivity contribution in [2.75, 3.05) is 17.1 Å². The molecular weight excluding hydrogens is 474 g/mol. The van der Waals surface area contributed by atoms with Crippen molar-refractivity contribution in [2.45, 2.75) is 78.4 Å². The van der Waals surface area contributed by atoms with Gasteiger partial charge in [0.25, 0.3) is 0 Å². The summed E-state index contributed by atoms with van der Waals surface area (Å²) in [4.78, 5) is 28.4. The van der Waals surface area contributed by atoms with Crippen molar-refractivity contribution >= 4 is 27.5 Å². The van der Waals surface area contributed by atoms with Gasteiger partial charge < -0.3 is 10.2 Å². The Hall–Kier alpha value is -2.87. The van der Waals surface area contributed by atoms with Crippen LogP contribution in [0.3, 0.4) is 0 Å². The first-order chi connectivity index (χ1) is 17.0. The number of carbonyl (C=O) groups excluding carboxylic acids is 2. The van der Waals surface area contributed by atoms with Gasteiger partial charge in [0.2, 0.25) is 21.8 Å². The highest BCUT2D eigenvalue weighted by Gasteiger charge is 2.31. The van der Waals surface area contributed by atoms with Gasteiger partial charge in [0, 0.05) is 12.6 Å². The van der Waals surface area contributed by atoms with Gasteiger partial charge in [-0.1, -0.05) is 61.2 Å². The molecule has 1 saturated carbocycles. The molecule has 2 aromatic rings. The van der Waals surface area contributed by atoms with Crippen molar-refractivity contribution in [3.8, 4) is 0 Å². The molecule has 0 bridgehead atoms. The molecule has 1 atom stereocenters. The predicted octanol–water partition coefficient (Wildman–Crippen LogP) is 4.24. The summed E-state index contributed by atoms with van der Waals surface area (Å²) >= 11 is 0. The zero-order valence-corrected chi connectivity index (χ0v) is 22.9. The molecule has 7 nitrogen and oxygen atoms in total. The van der Waals surface area contributed by atoms with E-state index in [-0.39, 0.29) is 25.0 Å². The van der Waals surface area contributed by atoms with Crippen LogP contribution < -0.4 is 9.62 Å². The van der Waals surface area contributed by atoms with Gasteiger partial charge in [-0.25, -0.2) is 8.42 Å². The molecule has 0 unspecified atom stereocenters. The Morgan fingerprint density at radius 3 is 2.25 bits per heavy atom. The molecule has 2 aromatic carbocycles. The van der Waals surface area contributed by atoms with E-state index in [1.807, 2.05) is 51.1 Å². The van der Waals surface area contributed by atoms with E-state index >= 15 is 0 Å². The Bertz CT molecular complexity index is 1170. The Labute approximate surface area is 215 Å². The van der Waals surface area contributed by atoms with Crippen molar-refractivity contribution in [1.29, 1.82) is 0 Å². The van der Waals surface area contributed by atoms with Crippen LogP contribution in [-0.2, 0) is 26.2 Å². The lowest BCUT2D eigenvalue weighted by Gasteiger charge is -2.33. The van der Waals surface area contributed by atoms with E-state index in [4.69, 9.17) is 0 Å². The second-order valence-electron chi connectivity index (χ2n) is 10.0. The molecule has 1 aliphatic carbocycles. The Kier molecular flexibility index (Phi) is 9.17. The molecule has 2 amide bonds. The van der Waals surface area contributed by atoms with Crippen LogP contribution in [0.2, 0.25) is 0 Å². The van der Waals surface area contributed by atoms with Crippen LogP contribution in [0.1, 0.15) is 61.3 Å². The molecule has 0 heterocycles. The third kappa shape index (κ3) is 7.09. The third-order valence-corrected chi connectivity index (χ3v) is 8.24. The first-order valence-electron chi connectivity index (χ1n) is 12.7. The van der Waals surface area contributed by atoms with Crippen molar-refractivity contribution in [1.82, 2.24) is 10.2 Å². The zero-order valence-electron chi connectivity index (χ0n) is 22.1. The van der Waals surface area contributed by atoms with E-state index in [1.165, 1.54) is 11.3 Å². The van der Waals surface area contributed by atoms with Gasteiger partial charge in [-0.3, -0.25) is 13.9 Å². The highest BCUT2D eigenvalue weighted by atomic mass is 32.2. The molecule has 3 rings (SSSR count). The number of rotatable bonds is 9. The van der Waals surface area contributed by atoms with Gasteiger partial charge in [0.15, 0.2) is 0 Å². The van der Waals surface area contributed by atoms with Gasteiger partial charge >= 0.3 is 0 Å². The van der Waals surface area contributed by atoms with Crippen molar-refractivity contribution in [3.63, 3.8) is 0 Å². The van der Waals surface area contributed by atoms with Crippen LogP contribution in [0, 0.1) is 20.8 Å². The monoisotopic (exact) mass is 513 g/mol. The molecular formula is C28H39N3O4S. The largest absolute Gasteiger partial charge is 0.352 e. The summed E-state index contributed by atoms with van der Waals surface area (Å²) in [7, 11) is -3.75. The normalized spacial score (nSPS) is 15.2. The smallest absolute Gasteiger partial charge is 0.244 e. The van der Waals surface area contributed by atoms with Gasteiger partial charge in [-0.15, -0.1) is 0 Å². The minimum atomic E-state index is -3.75. The minimum absolute atomic E-state index is 0.118. The number of carbonyl (C=O) groups is 2. The lowest BCUT2D eigenvalue weighted by molar-refractivity contribution is -0.139. The highest BCUT2D eigenvalue weighted by Crippen LogP contribution is 2.25. The van der Waals surface area contributed by atoms with Gasteiger partial charge in [0.1, 0.15) is 12.6 Å². The second kappa shape index (κ2) is 11.9. The fraction of sp³-hybridized carbons (Fsp3) is 0.500. The number of anilines is 1. The fourth-order valence-electron chi connectivity index (χ4n) is 4.64. The maximum atomic E-state index is 13.7. The molecule has 36 heavy (non-hydrogen) atoms. The topological polar surface area (TPSA) is 86.8 Å². The third-order valence-electron chi connectivity index (χ3n) is 7.12. The van der Waals surface area contributed by atoms with Crippen LogP contribution in [0.25, 0.3) is 0 Å². The zero-order chi connectivity index (χ0) is 26.5. The van der Waals surface area contributed by atoms with Gasteiger partial charge in [-0.05, 0) is 63.3 Å². The number of nitrogens with one attached hydrogen (secondary N) is 1. The summed E-state index contributed by atoms with van der Waals surface area (Å²) in [5, 5.41) is 3.12. The predicted molar refractivity (Wildman–Crippen MR) is 144 cm³/mol. The average molecular weight is 514 g/mol. The first-order valence-corrected chi connectivity index (χ1v) is 14.5. The summed E-state index contributed by atoms with van der Waals surface area (Å²) in [5.74, 6) is -0.631. The van der Waals surface area contributed by atoms with Crippen LogP contribution in [0.4, 0.5) is 5.69 Å². The van der Waals surface area contributed by atoms with E-state index in [1.54, 1.807) is 19.1 Å². The maximum absolute atomic E-state index is 13.7. The minimum Gasteiger partial charge on any atom is -0.352 e. The van der Waals surface area contributed by atoms with Crippen LogP contribution in [-0.4, -0.2) is 50.0 Å². The number of aryl methyl sites for hydroxylation is 2. The summed E-state index contributed by atoms with van der Waals surface area (Å²) in [6.07, 6.45) is 6.35. The molecule has 1 fully saturated rings. The lowest BCUT2D eigenvalue weighted by Crippen LogP contribution is -2.53. The molecule has 0 aliphatic heterocycles. The fourth-order valence-corrected chi connectivity index (χ4v) is 5.54. The number of nitrogens with zero attached hydrogens (tertiary/aromatic N) is 2. The lowest BCUT2D eigenvalue weighted by atomic mass is 9.95. The number of hydrogen-bond acceptors (Lipinski definition) is 4. The van der Waals surface area contributed by atoms with E-state index in [0.717, 1.165) is 58.5 Å². The van der Waals surface area contributed by atoms with Gasteiger partial charge in [-0.2, -0.15) is 0 Å². The van der Waals surface area contributed by atoms with Gasteiger partial charge in [0.05, 0.1) is 11.9 Å². The standard InChI is InChI=1S/C28H39N3O4S/c1-20-14-16-24(17-15-20)18-30(23(4)28(33)29-25-11-7-6-8-12-25)27(32)19-31(36(5,34)35)26-13-9-10-21(2)22(26)3/h9-10,13-17,23,25H,6-8,11-12,18-19H2,1-5H3,(H,29,33)/t23-/m0/s1. The second-order valence-corrected chi connectivity index (χ2v) is 11.9. The molecule has 196 valence electrons. The molecule has 1 aliphatic rings. The number of sulfonamides is 1. The summed E-state index contributed by atoms with van der Waals surface area (Å²) in [6, 6.07) is 12.6. The first kappa shape index (κ1) is 27.7. The Balaban J connectivity index is 1.89. The molecule has 0 radical (unpaired) electrons. The van der Waals surface area contributed by atoms with E-state index < -0.39 is 22.0 Å². The van der Waals surface area contributed by atoms with Crippen LogP contribution in [0.15, 0.2) is 42.5 Å². The van der Waals surface area contributed by atoms with Crippen molar-refractivity contribution in [2.24, 2.45) is 0 Å². The highest BCUT2D eigenvalue weighted by molar-refractivity contribution is 7.92. The van der Waals surface area contributed by atoms with E-state index in [2.05, 4.69) is 5.32 Å². The van der Waals surface area contributed by atoms with Crippen molar-refractivity contribution in [3.05, 3.63) is 64.7 Å². The molecule has 0 saturated heterocycles. The van der Waals surface area contributed by atoms with E-state index in [9.17, 15) is 18.0 Å². The number of hydrogen-bond donors (Lipinski definition) is 1. The molecule has 8 heteroatoms. The molecule has 1 N–H and O–H groups in total. The Morgan fingerprint density at radius 1 is 1.00 bits per heavy atom. The summed E-state index contributed by atoms with van der Waals surface area (Å²) in [5.41, 5.74) is 4.18. The Morgan fingerprint density at radius 2 is 1.64 bits per heavy atom. The maximum Gasteiger partial charge on any atom is 0.244 e. The molecule has 0 aromatic heterocycles.